The first-order chi connectivity index (χ1) is 14.4. The first-order valence-electron chi connectivity index (χ1n) is 9.18. The molecule has 5 N–H and O–H groups in total. The number of fused-ring (bicyclic) bond motifs is 2. The summed E-state index contributed by atoms with van der Waals surface area (Å²) in [5, 5.41) is 41.4. The fourth-order valence-corrected chi connectivity index (χ4v) is 3.57. The summed E-state index contributed by atoms with van der Waals surface area (Å²) in [6.07, 6.45) is 0.155. The molecular weight excluding hydrogens is 430 g/mol. The van der Waals surface area contributed by atoms with Crippen molar-refractivity contribution in [3.8, 4) is 17.2 Å². The number of aliphatic carboxylic acids is 1. The van der Waals surface area contributed by atoms with Gasteiger partial charge in [0.2, 0.25) is 5.78 Å². The zero-order chi connectivity index (χ0) is 23.2. The lowest BCUT2D eigenvalue weighted by atomic mass is 9.82. The fourth-order valence-electron chi connectivity index (χ4n) is 3.42. The molecule has 0 heterocycles. The summed E-state index contributed by atoms with van der Waals surface area (Å²) in [6.45, 7) is 3.57. The van der Waals surface area contributed by atoms with Crippen LogP contribution in [0.2, 0.25) is 5.02 Å². The van der Waals surface area contributed by atoms with Gasteiger partial charge in [0.05, 0.1) is 11.1 Å². The Hall–Kier alpha value is -3.59. The fraction of sp³-hybridized carbons (Fsp3) is 0.238. The molecule has 0 aliphatic heterocycles. The van der Waals surface area contributed by atoms with E-state index in [4.69, 9.17) is 11.6 Å². The van der Waals surface area contributed by atoms with E-state index in [0.717, 1.165) is 18.2 Å². The van der Waals surface area contributed by atoms with Gasteiger partial charge in [-0.2, -0.15) is 0 Å². The largest absolute Gasteiger partial charge is 0.507 e. The summed E-state index contributed by atoms with van der Waals surface area (Å²) in [6, 6.07) is 1.69. The number of hydrogen-bond acceptors (Lipinski definition) is 7. The molecule has 0 fully saturated rings. The van der Waals surface area contributed by atoms with Gasteiger partial charge in [-0.1, -0.05) is 25.4 Å². The van der Waals surface area contributed by atoms with E-state index < -0.39 is 62.9 Å². The molecule has 0 aromatic heterocycles. The van der Waals surface area contributed by atoms with E-state index in [9.17, 15) is 39.6 Å². The van der Waals surface area contributed by atoms with Crippen molar-refractivity contribution in [3.05, 3.63) is 51.0 Å². The van der Waals surface area contributed by atoms with Crippen molar-refractivity contribution in [1.82, 2.24) is 5.32 Å². The van der Waals surface area contributed by atoms with Crippen molar-refractivity contribution in [3.63, 3.8) is 0 Å². The van der Waals surface area contributed by atoms with E-state index in [1.54, 1.807) is 13.8 Å². The van der Waals surface area contributed by atoms with Gasteiger partial charge in [-0.25, -0.2) is 4.79 Å². The van der Waals surface area contributed by atoms with Crippen LogP contribution in [0.5, 0.6) is 17.2 Å². The average Bonchev–Trinajstić information content (AvgIpc) is 2.68. The molecule has 0 saturated carbocycles. The van der Waals surface area contributed by atoms with Gasteiger partial charge in [0.25, 0.3) is 5.91 Å². The third kappa shape index (κ3) is 3.79. The van der Waals surface area contributed by atoms with Crippen LogP contribution in [0.4, 0.5) is 0 Å². The number of carboxylic acids is 1. The Morgan fingerprint density at radius 2 is 1.58 bits per heavy atom. The highest BCUT2D eigenvalue weighted by Crippen LogP contribution is 2.43. The van der Waals surface area contributed by atoms with Crippen LogP contribution in [0.1, 0.15) is 62.5 Å². The van der Waals surface area contributed by atoms with Gasteiger partial charge < -0.3 is 25.7 Å². The SMILES string of the molecule is CC(C)CC(NC(=O)c1cc(O)c2c(c1)C(=O)c1cc(O)c(Cl)c(O)c1C2=O)C(=O)O. The molecule has 1 unspecified atom stereocenters. The summed E-state index contributed by atoms with van der Waals surface area (Å²) in [5.74, 6) is -6.03. The second-order valence-electron chi connectivity index (χ2n) is 7.55. The van der Waals surface area contributed by atoms with Crippen LogP contribution in [0.3, 0.4) is 0 Å². The minimum atomic E-state index is -1.24. The zero-order valence-corrected chi connectivity index (χ0v) is 17.1. The van der Waals surface area contributed by atoms with E-state index in [1.165, 1.54) is 0 Å². The van der Waals surface area contributed by atoms with Crippen LogP contribution in [0.15, 0.2) is 18.2 Å². The van der Waals surface area contributed by atoms with E-state index >= 15 is 0 Å². The van der Waals surface area contributed by atoms with Crippen LogP contribution in [-0.2, 0) is 4.79 Å². The summed E-state index contributed by atoms with van der Waals surface area (Å²) in [7, 11) is 0. The van der Waals surface area contributed by atoms with Crippen molar-refractivity contribution in [2.75, 3.05) is 0 Å². The van der Waals surface area contributed by atoms with Crippen LogP contribution < -0.4 is 5.32 Å². The summed E-state index contributed by atoms with van der Waals surface area (Å²) in [5.41, 5.74) is -1.84. The number of rotatable bonds is 5. The third-order valence-corrected chi connectivity index (χ3v) is 5.23. The van der Waals surface area contributed by atoms with Crippen molar-refractivity contribution >= 4 is 35.0 Å². The lowest BCUT2D eigenvalue weighted by molar-refractivity contribution is -0.139. The number of hydrogen-bond donors (Lipinski definition) is 5. The number of nitrogens with one attached hydrogen (secondary N) is 1. The van der Waals surface area contributed by atoms with Crippen LogP contribution in [-0.4, -0.2) is 49.9 Å². The van der Waals surface area contributed by atoms with Crippen molar-refractivity contribution < 1.29 is 39.6 Å². The van der Waals surface area contributed by atoms with Crippen molar-refractivity contribution in [1.29, 1.82) is 0 Å². The van der Waals surface area contributed by atoms with Crippen LogP contribution >= 0.6 is 11.6 Å². The first kappa shape index (κ1) is 22.1. The number of halogens is 1. The van der Waals surface area contributed by atoms with Crippen LogP contribution in [0.25, 0.3) is 0 Å². The molecule has 10 heteroatoms. The Bertz CT molecular complexity index is 1150. The van der Waals surface area contributed by atoms with Gasteiger partial charge in [0.15, 0.2) is 5.78 Å². The van der Waals surface area contributed by atoms with E-state index in [-0.39, 0.29) is 29.0 Å². The van der Waals surface area contributed by atoms with E-state index in [0.29, 0.717) is 0 Å². The Labute approximate surface area is 180 Å². The number of carbonyl (C=O) groups is 4. The summed E-state index contributed by atoms with van der Waals surface area (Å²) >= 11 is 5.74. The first-order valence-corrected chi connectivity index (χ1v) is 9.56. The monoisotopic (exact) mass is 447 g/mol. The molecule has 1 amide bonds. The standard InChI is InChI=1S/C21H18ClNO8/c1-7(2)3-11(21(30)31)23-20(29)8-4-9-14(12(24)5-8)18(27)15-10(17(9)26)6-13(25)16(22)19(15)28/h4-7,11,24-25,28H,3H2,1-2H3,(H,23,29)(H,30,31). The van der Waals surface area contributed by atoms with Gasteiger partial charge in [-0.05, 0) is 30.5 Å². The van der Waals surface area contributed by atoms with Crippen LogP contribution in [0, 0.1) is 5.92 Å². The van der Waals surface area contributed by atoms with E-state index in [2.05, 4.69) is 5.32 Å². The Balaban J connectivity index is 2.07. The molecule has 0 bridgehead atoms. The van der Waals surface area contributed by atoms with Crippen molar-refractivity contribution in [2.24, 2.45) is 5.92 Å². The number of ketones is 2. The Morgan fingerprint density at radius 1 is 0.968 bits per heavy atom. The highest BCUT2D eigenvalue weighted by Gasteiger charge is 2.37. The maximum atomic E-state index is 12.9. The molecule has 0 radical (unpaired) electrons. The highest BCUT2D eigenvalue weighted by molar-refractivity contribution is 6.37. The second kappa shape index (κ2) is 7.92. The quantitative estimate of drug-likeness (QED) is 0.398. The molecule has 1 aliphatic rings. The number of carboxylic acid groups (broad SMARTS) is 1. The van der Waals surface area contributed by atoms with Gasteiger partial charge in [0, 0.05) is 16.7 Å². The Kier molecular flexibility index (Phi) is 5.64. The zero-order valence-electron chi connectivity index (χ0n) is 16.4. The molecule has 31 heavy (non-hydrogen) atoms. The lowest BCUT2D eigenvalue weighted by Crippen LogP contribution is -2.41. The minimum Gasteiger partial charge on any atom is -0.507 e. The third-order valence-electron chi connectivity index (χ3n) is 4.85. The maximum Gasteiger partial charge on any atom is 0.326 e. The minimum absolute atomic E-state index is 0.0267. The second-order valence-corrected chi connectivity index (χ2v) is 7.93. The van der Waals surface area contributed by atoms with Gasteiger partial charge in [-0.15, -0.1) is 0 Å². The molecule has 162 valence electrons. The lowest BCUT2D eigenvalue weighted by Gasteiger charge is -2.21. The maximum absolute atomic E-state index is 12.9. The van der Waals surface area contributed by atoms with Gasteiger partial charge in [0.1, 0.15) is 28.3 Å². The normalized spacial score (nSPS) is 13.5. The van der Waals surface area contributed by atoms with Gasteiger partial charge >= 0.3 is 5.97 Å². The number of amides is 1. The molecule has 2 aromatic carbocycles. The topological polar surface area (TPSA) is 161 Å². The number of benzene rings is 2. The number of aromatic hydroxyl groups is 3. The highest BCUT2D eigenvalue weighted by atomic mass is 35.5. The van der Waals surface area contributed by atoms with Crippen molar-refractivity contribution in [2.45, 2.75) is 26.3 Å². The number of phenols is 3. The number of carbonyl (C=O) groups excluding carboxylic acids is 3. The average molecular weight is 448 g/mol. The Morgan fingerprint density at radius 3 is 2.16 bits per heavy atom. The van der Waals surface area contributed by atoms with E-state index in [1.807, 2.05) is 0 Å². The molecule has 9 nitrogen and oxygen atoms in total. The predicted molar refractivity (Wildman–Crippen MR) is 108 cm³/mol. The van der Waals surface area contributed by atoms with Gasteiger partial charge in [-0.3, -0.25) is 14.4 Å². The summed E-state index contributed by atoms with van der Waals surface area (Å²) < 4.78 is 0. The summed E-state index contributed by atoms with van der Waals surface area (Å²) in [4.78, 5) is 49.7. The molecule has 0 spiro atoms. The predicted octanol–water partition coefficient (Wildman–Crippen LogP) is 2.46. The molecule has 3 rings (SSSR count). The molecular formula is C21H18ClNO8. The molecule has 1 atom stereocenters. The molecule has 2 aromatic rings. The molecule has 1 aliphatic carbocycles. The smallest absolute Gasteiger partial charge is 0.326 e. The number of phenolic OH excluding ortho intramolecular Hbond substituents is 3. The molecule has 0 saturated heterocycles.